The van der Waals surface area contributed by atoms with Crippen molar-refractivity contribution < 1.29 is 9.53 Å². The van der Waals surface area contributed by atoms with Crippen LogP contribution in [0.4, 0.5) is 0 Å². The van der Waals surface area contributed by atoms with E-state index in [4.69, 9.17) is 16.3 Å². The third kappa shape index (κ3) is 3.23. The lowest BCUT2D eigenvalue weighted by Gasteiger charge is -2.37. The van der Waals surface area contributed by atoms with Gasteiger partial charge in [-0.05, 0) is 25.7 Å². The van der Waals surface area contributed by atoms with Crippen LogP contribution in [0.25, 0.3) is 0 Å². The van der Waals surface area contributed by atoms with Gasteiger partial charge in [0.05, 0.1) is 11.5 Å². The van der Waals surface area contributed by atoms with Crippen molar-refractivity contribution in [2.24, 2.45) is 0 Å². The zero-order valence-electron chi connectivity index (χ0n) is 11.4. The largest absolute Gasteiger partial charge is 0.377 e. The van der Waals surface area contributed by atoms with Gasteiger partial charge in [-0.25, -0.2) is 0 Å². The van der Waals surface area contributed by atoms with Crippen LogP contribution < -0.4 is 0 Å². The van der Waals surface area contributed by atoms with E-state index in [2.05, 4.69) is 4.90 Å². The second-order valence-corrected chi connectivity index (χ2v) is 6.63. The Balaban J connectivity index is 1.45. The molecule has 4 nitrogen and oxygen atoms in total. The summed E-state index contributed by atoms with van der Waals surface area (Å²) in [5.74, 6) is 0.248. The summed E-state index contributed by atoms with van der Waals surface area (Å²) >= 11 is 6.07. The minimum Gasteiger partial charge on any atom is -0.377 e. The van der Waals surface area contributed by atoms with Crippen molar-refractivity contribution in [3.63, 3.8) is 0 Å². The highest BCUT2D eigenvalue weighted by Crippen LogP contribution is 2.25. The van der Waals surface area contributed by atoms with Crippen molar-refractivity contribution in [3.8, 4) is 0 Å². The summed E-state index contributed by atoms with van der Waals surface area (Å²) in [6.45, 7) is 4.92. The fourth-order valence-corrected chi connectivity index (χ4v) is 3.81. The van der Waals surface area contributed by atoms with Gasteiger partial charge in [-0.2, -0.15) is 0 Å². The molecule has 19 heavy (non-hydrogen) atoms. The van der Waals surface area contributed by atoms with Crippen LogP contribution >= 0.6 is 11.6 Å². The van der Waals surface area contributed by atoms with Gasteiger partial charge in [-0.15, -0.1) is 11.6 Å². The lowest BCUT2D eigenvalue weighted by atomic mass is 10.0. The van der Waals surface area contributed by atoms with Crippen molar-refractivity contribution in [1.29, 1.82) is 0 Å². The van der Waals surface area contributed by atoms with Gasteiger partial charge in [-0.1, -0.05) is 0 Å². The van der Waals surface area contributed by atoms with Crippen LogP contribution in [-0.2, 0) is 9.53 Å². The van der Waals surface area contributed by atoms with Gasteiger partial charge in [0.25, 0.3) is 0 Å². The summed E-state index contributed by atoms with van der Waals surface area (Å²) in [6.07, 6.45) is 5.55. The molecule has 2 unspecified atom stereocenters. The molecule has 0 N–H and O–H groups in total. The first-order chi connectivity index (χ1) is 9.22. The maximum absolute atomic E-state index is 11.9. The number of ether oxygens (including phenoxy) is 1. The molecule has 3 heterocycles. The van der Waals surface area contributed by atoms with E-state index in [0.717, 1.165) is 45.6 Å². The zero-order valence-corrected chi connectivity index (χ0v) is 12.1. The minimum atomic E-state index is 0.0254. The molecule has 0 saturated carbocycles. The Labute approximate surface area is 120 Å². The summed E-state index contributed by atoms with van der Waals surface area (Å²) in [5.41, 5.74) is 0. The smallest absolute Gasteiger partial charge is 0.224 e. The molecule has 0 spiro atoms. The summed E-state index contributed by atoms with van der Waals surface area (Å²) in [5, 5.41) is 0.0254. The minimum absolute atomic E-state index is 0.0254. The average Bonchev–Trinajstić information content (AvgIpc) is 3.00. The van der Waals surface area contributed by atoms with E-state index < -0.39 is 0 Å². The number of amides is 1. The standard InChI is InChI=1S/C14H23ClN2O2/c15-11-8-14(18)17(9-11)12-3-5-16(6-4-12)10-13-2-1-7-19-13/h11-13H,1-10H2. The second-order valence-electron chi connectivity index (χ2n) is 6.01. The molecular formula is C14H23ClN2O2. The molecule has 0 bridgehead atoms. The first-order valence-corrected chi connectivity index (χ1v) is 7.93. The second kappa shape index (κ2) is 5.98. The van der Waals surface area contributed by atoms with Crippen LogP contribution in [0.15, 0.2) is 0 Å². The first kappa shape index (κ1) is 13.7. The molecular weight excluding hydrogens is 264 g/mol. The number of halogens is 1. The van der Waals surface area contributed by atoms with Crippen LogP contribution in [0.3, 0.4) is 0 Å². The van der Waals surface area contributed by atoms with Crippen LogP contribution in [0.5, 0.6) is 0 Å². The van der Waals surface area contributed by atoms with Gasteiger partial charge in [-0.3, -0.25) is 4.79 Å². The van der Waals surface area contributed by atoms with Crippen LogP contribution in [0, 0.1) is 0 Å². The van der Waals surface area contributed by atoms with E-state index in [9.17, 15) is 4.79 Å². The van der Waals surface area contributed by atoms with E-state index in [0.29, 0.717) is 18.6 Å². The van der Waals surface area contributed by atoms with Crippen LogP contribution in [-0.4, -0.2) is 66.0 Å². The van der Waals surface area contributed by atoms with E-state index in [1.807, 2.05) is 4.90 Å². The Bertz CT molecular complexity index is 325. The Kier molecular flexibility index (Phi) is 4.30. The molecule has 3 rings (SSSR count). The molecule has 3 aliphatic heterocycles. The molecule has 3 aliphatic rings. The van der Waals surface area contributed by atoms with E-state index >= 15 is 0 Å². The molecule has 3 saturated heterocycles. The number of carbonyl (C=O) groups excluding carboxylic acids is 1. The highest BCUT2D eigenvalue weighted by molar-refractivity contribution is 6.22. The summed E-state index contributed by atoms with van der Waals surface area (Å²) in [7, 11) is 0. The Morgan fingerprint density at radius 3 is 2.63 bits per heavy atom. The number of hydrogen-bond acceptors (Lipinski definition) is 3. The number of alkyl halides is 1. The van der Waals surface area contributed by atoms with Crippen molar-refractivity contribution >= 4 is 17.5 Å². The molecule has 5 heteroatoms. The van der Waals surface area contributed by atoms with Gasteiger partial charge in [0.1, 0.15) is 0 Å². The van der Waals surface area contributed by atoms with Crippen molar-refractivity contribution in [3.05, 3.63) is 0 Å². The summed E-state index contributed by atoms with van der Waals surface area (Å²) in [6, 6.07) is 0.414. The molecule has 108 valence electrons. The number of piperidine rings is 1. The quantitative estimate of drug-likeness (QED) is 0.737. The third-order valence-electron chi connectivity index (χ3n) is 4.59. The third-order valence-corrected chi connectivity index (χ3v) is 4.89. The highest BCUT2D eigenvalue weighted by atomic mass is 35.5. The van der Waals surface area contributed by atoms with Gasteiger partial charge in [0, 0.05) is 45.2 Å². The fraction of sp³-hybridized carbons (Fsp3) is 0.929. The summed E-state index contributed by atoms with van der Waals surface area (Å²) < 4.78 is 5.69. The van der Waals surface area contributed by atoms with Crippen LogP contribution in [0.1, 0.15) is 32.1 Å². The summed E-state index contributed by atoms with van der Waals surface area (Å²) in [4.78, 5) is 16.4. The Morgan fingerprint density at radius 1 is 1.26 bits per heavy atom. The number of rotatable bonds is 3. The SMILES string of the molecule is O=C1CC(Cl)CN1C1CCN(CC2CCCO2)CC1. The molecule has 3 fully saturated rings. The zero-order chi connectivity index (χ0) is 13.2. The number of hydrogen-bond donors (Lipinski definition) is 0. The van der Waals surface area contributed by atoms with E-state index in [1.165, 1.54) is 12.8 Å². The van der Waals surface area contributed by atoms with E-state index in [-0.39, 0.29) is 11.3 Å². The van der Waals surface area contributed by atoms with Crippen molar-refractivity contribution in [1.82, 2.24) is 9.80 Å². The van der Waals surface area contributed by atoms with Crippen LogP contribution in [0.2, 0.25) is 0 Å². The average molecular weight is 287 g/mol. The van der Waals surface area contributed by atoms with Gasteiger partial charge in [0.15, 0.2) is 0 Å². The molecule has 0 aromatic heterocycles. The predicted molar refractivity (Wildman–Crippen MR) is 74.4 cm³/mol. The fourth-order valence-electron chi connectivity index (χ4n) is 3.53. The molecule has 2 atom stereocenters. The lowest BCUT2D eigenvalue weighted by Crippen LogP contribution is -2.47. The maximum atomic E-state index is 11.9. The molecule has 0 aromatic carbocycles. The van der Waals surface area contributed by atoms with Gasteiger partial charge in [0.2, 0.25) is 5.91 Å². The molecule has 0 aromatic rings. The first-order valence-electron chi connectivity index (χ1n) is 7.50. The van der Waals surface area contributed by atoms with Crippen molar-refractivity contribution in [2.45, 2.75) is 49.6 Å². The van der Waals surface area contributed by atoms with Gasteiger partial charge < -0.3 is 14.5 Å². The number of carbonyl (C=O) groups is 1. The Hall–Kier alpha value is -0.320. The molecule has 0 radical (unpaired) electrons. The maximum Gasteiger partial charge on any atom is 0.224 e. The number of likely N-dealkylation sites (tertiary alicyclic amines) is 2. The van der Waals surface area contributed by atoms with Crippen molar-refractivity contribution in [2.75, 3.05) is 32.8 Å². The van der Waals surface area contributed by atoms with Gasteiger partial charge >= 0.3 is 0 Å². The monoisotopic (exact) mass is 286 g/mol. The predicted octanol–water partition coefficient (Wildman–Crippen LogP) is 1.47. The molecule has 1 amide bonds. The molecule has 0 aliphatic carbocycles. The Morgan fingerprint density at radius 2 is 2.05 bits per heavy atom. The lowest BCUT2D eigenvalue weighted by molar-refractivity contribution is -0.130. The normalized spacial score (nSPS) is 34.4. The highest BCUT2D eigenvalue weighted by Gasteiger charge is 2.35. The number of nitrogens with zero attached hydrogens (tertiary/aromatic N) is 2. The van der Waals surface area contributed by atoms with E-state index in [1.54, 1.807) is 0 Å². The topological polar surface area (TPSA) is 32.8 Å².